The number of ether oxygens (including phenoxy) is 1. The first-order valence-corrected chi connectivity index (χ1v) is 12.0. The molecule has 7 heteroatoms. The Morgan fingerprint density at radius 1 is 1.11 bits per heavy atom. The van der Waals surface area contributed by atoms with Crippen molar-refractivity contribution >= 4 is 8.32 Å². The van der Waals surface area contributed by atoms with Gasteiger partial charge in [0.25, 0.3) is 0 Å². The summed E-state index contributed by atoms with van der Waals surface area (Å²) in [4.78, 5) is 0. The zero-order valence-electron chi connectivity index (χ0n) is 16.9. The molecule has 3 rings (SSSR count). The number of hydrogen-bond acceptors (Lipinski definition) is 6. The number of allylic oxidation sites excluding steroid dienone is 1. The van der Waals surface area contributed by atoms with E-state index in [1.165, 1.54) is 0 Å². The topological polar surface area (TPSA) is 114 Å². The molecule has 6 nitrogen and oxygen atoms in total. The van der Waals surface area contributed by atoms with Crippen molar-refractivity contribution < 1.29 is 9.16 Å². The van der Waals surface area contributed by atoms with E-state index in [0.717, 1.165) is 0 Å². The van der Waals surface area contributed by atoms with Crippen molar-refractivity contribution in [2.45, 2.75) is 64.8 Å². The van der Waals surface area contributed by atoms with E-state index in [2.05, 4.69) is 46.0 Å². The number of nitrogens with zero attached hydrogens (tertiary/aromatic N) is 4. The summed E-state index contributed by atoms with van der Waals surface area (Å²) >= 11 is 0. The number of nitriles is 4. The Morgan fingerprint density at radius 2 is 1.67 bits per heavy atom. The summed E-state index contributed by atoms with van der Waals surface area (Å²) in [5.74, 6) is 0.517. The van der Waals surface area contributed by atoms with Gasteiger partial charge in [-0.2, -0.15) is 21.0 Å². The molecule has 0 amide bonds. The molecule has 142 valence electrons. The summed E-state index contributed by atoms with van der Waals surface area (Å²) in [5, 5.41) is 40.0. The fraction of sp³-hybridized carbons (Fsp3) is 0.700. The van der Waals surface area contributed by atoms with E-state index in [-0.39, 0.29) is 5.04 Å². The zero-order chi connectivity index (χ0) is 20.7. The second-order valence-corrected chi connectivity index (χ2v) is 13.9. The molecule has 2 bridgehead atoms. The standard InChI is InChI=1S/C20H26N4O2Si/c1-17(2,3)27(5,6)26-15-10-16-19(11-21,12-22)20(13-23,14-24)18(15,4)8-7-9-25-16/h10,16H,7-9H2,1-6H3/t16-,18+/m0/s1. The van der Waals surface area contributed by atoms with Crippen molar-refractivity contribution in [1.82, 2.24) is 0 Å². The molecule has 3 aliphatic rings. The lowest BCUT2D eigenvalue weighted by atomic mass is 9.46. The Labute approximate surface area is 162 Å². The van der Waals surface area contributed by atoms with Crippen LogP contribution in [-0.4, -0.2) is 21.0 Å². The number of hydrogen-bond donors (Lipinski definition) is 0. The Morgan fingerprint density at radius 3 is 2.11 bits per heavy atom. The van der Waals surface area contributed by atoms with Gasteiger partial charge < -0.3 is 9.16 Å². The van der Waals surface area contributed by atoms with Crippen molar-refractivity contribution in [1.29, 1.82) is 21.0 Å². The van der Waals surface area contributed by atoms with Crippen LogP contribution in [0.4, 0.5) is 0 Å². The van der Waals surface area contributed by atoms with E-state index in [9.17, 15) is 21.0 Å². The average Bonchev–Trinajstić information content (AvgIpc) is 2.58. The predicted molar refractivity (Wildman–Crippen MR) is 101 cm³/mol. The maximum atomic E-state index is 10.1. The lowest BCUT2D eigenvalue weighted by Crippen LogP contribution is -2.61. The third-order valence-electron chi connectivity index (χ3n) is 6.67. The van der Waals surface area contributed by atoms with Crippen molar-refractivity contribution in [3.63, 3.8) is 0 Å². The van der Waals surface area contributed by atoms with E-state index in [4.69, 9.17) is 9.16 Å². The van der Waals surface area contributed by atoms with Crippen LogP contribution in [0.15, 0.2) is 11.8 Å². The van der Waals surface area contributed by atoms with Gasteiger partial charge in [-0.05, 0) is 44.0 Å². The van der Waals surface area contributed by atoms with E-state index >= 15 is 0 Å². The van der Waals surface area contributed by atoms with Crippen molar-refractivity contribution in [2.75, 3.05) is 6.61 Å². The van der Waals surface area contributed by atoms with Crippen LogP contribution in [0.1, 0.15) is 40.5 Å². The van der Waals surface area contributed by atoms with Crippen LogP contribution in [0.2, 0.25) is 18.1 Å². The van der Waals surface area contributed by atoms with Crippen LogP contribution >= 0.6 is 0 Å². The van der Waals surface area contributed by atoms with E-state index in [0.29, 0.717) is 25.2 Å². The molecular formula is C20H26N4O2Si. The van der Waals surface area contributed by atoms with Crippen LogP contribution in [0.3, 0.4) is 0 Å². The van der Waals surface area contributed by atoms with Gasteiger partial charge in [0.1, 0.15) is 6.10 Å². The molecule has 2 heterocycles. The molecule has 0 unspecified atom stereocenters. The molecule has 1 fully saturated rings. The quantitative estimate of drug-likeness (QED) is 0.662. The van der Waals surface area contributed by atoms with Gasteiger partial charge in [-0.15, -0.1) is 0 Å². The summed E-state index contributed by atoms with van der Waals surface area (Å²) in [7, 11) is -2.28. The van der Waals surface area contributed by atoms with Crippen molar-refractivity contribution in [3.8, 4) is 24.3 Å². The monoisotopic (exact) mass is 382 g/mol. The van der Waals surface area contributed by atoms with Crippen LogP contribution in [-0.2, 0) is 9.16 Å². The maximum Gasteiger partial charge on any atom is 0.250 e. The summed E-state index contributed by atoms with van der Waals surface area (Å²) < 4.78 is 12.4. The molecule has 0 N–H and O–H groups in total. The lowest BCUT2D eigenvalue weighted by Gasteiger charge is -2.54. The smallest absolute Gasteiger partial charge is 0.250 e. The molecule has 2 aliphatic heterocycles. The molecule has 1 aliphatic carbocycles. The van der Waals surface area contributed by atoms with E-state index in [1.54, 1.807) is 13.0 Å². The summed E-state index contributed by atoms with van der Waals surface area (Å²) in [6, 6.07) is 8.08. The fourth-order valence-corrected chi connectivity index (χ4v) is 4.89. The van der Waals surface area contributed by atoms with Crippen LogP contribution < -0.4 is 0 Å². The second kappa shape index (κ2) is 6.38. The molecule has 0 aromatic rings. The first-order chi connectivity index (χ1) is 12.4. The Kier molecular flexibility index (Phi) is 4.96. The van der Waals surface area contributed by atoms with Crippen molar-refractivity contribution in [2.24, 2.45) is 16.2 Å². The molecule has 0 aromatic heterocycles. The van der Waals surface area contributed by atoms with Gasteiger partial charge >= 0.3 is 0 Å². The molecule has 2 atom stereocenters. The summed E-state index contributed by atoms with van der Waals surface area (Å²) in [6.07, 6.45) is 1.73. The predicted octanol–water partition coefficient (Wildman–Crippen LogP) is 4.16. The minimum absolute atomic E-state index is 0.0871. The van der Waals surface area contributed by atoms with Crippen molar-refractivity contribution in [3.05, 3.63) is 11.8 Å². The largest absolute Gasteiger partial charge is 0.546 e. The Balaban J connectivity index is 2.82. The second-order valence-electron chi connectivity index (χ2n) is 9.13. The minimum Gasteiger partial charge on any atom is -0.546 e. The number of rotatable bonds is 2. The highest BCUT2D eigenvalue weighted by molar-refractivity contribution is 6.74. The normalized spacial score (nSPS) is 29.0. The molecule has 27 heavy (non-hydrogen) atoms. The van der Waals surface area contributed by atoms with Gasteiger partial charge in [-0.3, -0.25) is 0 Å². The average molecular weight is 383 g/mol. The Bertz CT molecular complexity index is 800. The first kappa shape index (κ1) is 21.0. The van der Waals surface area contributed by atoms with Gasteiger partial charge in [0, 0.05) is 6.61 Å². The molecule has 0 aromatic carbocycles. The van der Waals surface area contributed by atoms with Crippen LogP contribution in [0.5, 0.6) is 0 Å². The molecule has 1 saturated heterocycles. The van der Waals surface area contributed by atoms with E-state index in [1.807, 2.05) is 12.1 Å². The van der Waals surface area contributed by atoms with Gasteiger partial charge in [-0.1, -0.05) is 20.8 Å². The summed E-state index contributed by atoms with van der Waals surface area (Å²) in [6.45, 7) is 12.6. The first-order valence-electron chi connectivity index (χ1n) is 9.09. The molecule has 0 saturated carbocycles. The van der Waals surface area contributed by atoms with Gasteiger partial charge in [0.15, 0.2) is 5.41 Å². The third kappa shape index (κ3) is 2.58. The van der Waals surface area contributed by atoms with E-state index < -0.39 is 30.7 Å². The zero-order valence-corrected chi connectivity index (χ0v) is 17.9. The molecule has 0 radical (unpaired) electrons. The molecular weight excluding hydrogens is 356 g/mol. The third-order valence-corrected chi connectivity index (χ3v) is 11.0. The maximum absolute atomic E-state index is 10.1. The SMILES string of the molecule is CC(C)(C)[Si](C)(C)OC1=C[C@@H]2OCCC[C@@]1(C)C(C#N)(C#N)C2(C#N)C#N. The minimum atomic E-state index is -2.28. The van der Waals surface area contributed by atoms with Gasteiger partial charge in [0.05, 0.1) is 35.5 Å². The van der Waals surface area contributed by atoms with Gasteiger partial charge in [-0.25, -0.2) is 0 Å². The highest BCUT2D eigenvalue weighted by Gasteiger charge is 2.72. The highest BCUT2D eigenvalue weighted by Crippen LogP contribution is 2.63. The lowest BCUT2D eigenvalue weighted by molar-refractivity contribution is -0.0777. The highest BCUT2D eigenvalue weighted by atomic mass is 28.4. The van der Waals surface area contributed by atoms with Gasteiger partial charge in [0.2, 0.25) is 13.7 Å². The van der Waals surface area contributed by atoms with Crippen LogP contribution in [0.25, 0.3) is 0 Å². The fourth-order valence-electron chi connectivity index (χ4n) is 3.74. The Hall–Kier alpha value is -2.32. The summed E-state index contributed by atoms with van der Waals surface area (Å²) in [5.41, 5.74) is -4.87. The molecule has 0 spiro atoms. The number of fused-ring (bicyclic) bond motifs is 4. The van der Waals surface area contributed by atoms with Crippen LogP contribution in [0, 0.1) is 61.6 Å².